The maximum absolute atomic E-state index is 11.3. The number of hydrogen-bond acceptors (Lipinski definition) is 4. The fraction of sp³-hybridized carbons (Fsp3) is 0.708. The largest absolute Gasteiger partial charge is 0.497 e. The lowest BCUT2D eigenvalue weighted by atomic mass is 10.0. The summed E-state index contributed by atoms with van der Waals surface area (Å²) < 4.78 is 10.3. The van der Waals surface area contributed by atoms with Gasteiger partial charge in [0.15, 0.2) is 0 Å². The Hall–Kier alpha value is -1.55. The standard InChI is InChI=1S/C24H41NO3/c1-6-25(21(4)23-17-16-22(27-5)19-20(23)3)18-14-12-10-8-9-11-13-15-24(26)28-7-2/h16-17,19,21H,6-15,18H2,1-5H3. The molecule has 0 N–H and O–H groups in total. The van der Waals surface area contributed by atoms with E-state index in [0.29, 0.717) is 19.1 Å². The maximum Gasteiger partial charge on any atom is 0.305 e. The van der Waals surface area contributed by atoms with E-state index >= 15 is 0 Å². The third kappa shape index (κ3) is 9.09. The van der Waals surface area contributed by atoms with Crippen LogP contribution in [0.2, 0.25) is 0 Å². The lowest BCUT2D eigenvalue weighted by molar-refractivity contribution is -0.143. The molecule has 160 valence electrons. The molecule has 1 rings (SSSR count). The molecule has 0 heterocycles. The second-order valence-corrected chi connectivity index (χ2v) is 7.56. The van der Waals surface area contributed by atoms with Gasteiger partial charge < -0.3 is 9.47 Å². The van der Waals surface area contributed by atoms with Crippen LogP contribution in [0, 0.1) is 6.92 Å². The third-order valence-corrected chi connectivity index (χ3v) is 5.51. The van der Waals surface area contributed by atoms with Gasteiger partial charge in [-0.2, -0.15) is 0 Å². The molecule has 0 saturated carbocycles. The number of hydrogen-bond donors (Lipinski definition) is 0. The molecule has 28 heavy (non-hydrogen) atoms. The molecule has 4 heteroatoms. The van der Waals surface area contributed by atoms with Gasteiger partial charge in [0.05, 0.1) is 13.7 Å². The van der Waals surface area contributed by atoms with Gasteiger partial charge in [0, 0.05) is 12.5 Å². The molecule has 0 spiro atoms. The molecule has 0 bridgehead atoms. The Morgan fingerprint density at radius 3 is 2.25 bits per heavy atom. The maximum atomic E-state index is 11.3. The summed E-state index contributed by atoms with van der Waals surface area (Å²) in [6.07, 6.45) is 8.96. The first-order valence-electron chi connectivity index (χ1n) is 11.1. The molecule has 0 aliphatic rings. The van der Waals surface area contributed by atoms with Crippen LogP contribution in [-0.2, 0) is 9.53 Å². The normalized spacial score (nSPS) is 12.2. The van der Waals surface area contributed by atoms with Gasteiger partial charge in [-0.05, 0) is 70.0 Å². The molecule has 0 aromatic heterocycles. The fourth-order valence-corrected chi connectivity index (χ4v) is 3.77. The van der Waals surface area contributed by atoms with Gasteiger partial charge in [-0.1, -0.05) is 45.1 Å². The van der Waals surface area contributed by atoms with Crippen molar-refractivity contribution in [3.63, 3.8) is 0 Å². The van der Waals surface area contributed by atoms with E-state index in [-0.39, 0.29) is 5.97 Å². The zero-order valence-corrected chi connectivity index (χ0v) is 18.8. The summed E-state index contributed by atoms with van der Waals surface area (Å²) >= 11 is 0. The minimum absolute atomic E-state index is 0.0524. The molecular weight excluding hydrogens is 350 g/mol. The van der Waals surface area contributed by atoms with Crippen molar-refractivity contribution >= 4 is 5.97 Å². The minimum atomic E-state index is -0.0524. The quantitative estimate of drug-likeness (QED) is 0.269. The molecule has 0 amide bonds. The molecular formula is C24H41NO3. The molecule has 1 aromatic rings. The highest BCUT2D eigenvalue weighted by Gasteiger charge is 2.16. The number of unbranched alkanes of at least 4 members (excludes halogenated alkanes) is 6. The van der Waals surface area contributed by atoms with E-state index in [1.54, 1.807) is 7.11 Å². The summed E-state index contributed by atoms with van der Waals surface area (Å²) in [5.74, 6) is 0.877. The van der Waals surface area contributed by atoms with Gasteiger partial charge in [0.1, 0.15) is 5.75 Å². The number of benzene rings is 1. The van der Waals surface area contributed by atoms with Crippen molar-refractivity contribution in [2.75, 3.05) is 26.8 Å². The Balaban J connectivity index is 2.21. The second kappa shape index (κ2) is 14.4. The van der Waals surface area contributed by atoms with Gasteiger partial charge in [0.2, 0.25) is 0 Å². The molecule has 0 aliphatic heterocycles. The first kappa shape index (κ1) is 24.5. The van der Waals surface area contributed by atoms with E-state index in [9.17, 15) is 4.79 Å². The predicted octanol–water partition coefficient (Wildman–Crippen LogP) is 6.07. The smallest absolute Gasteiger partial charge is 0.305 e. The van der Waals surface area contributed by atoms with Crippen molar-refractivity contribution in [2.24, 2.45) is 0 Å². The van der Waals surface area contributed by atoms with Crippen LogP contribution in [0.25, 0.3) is 0 Å². The average Bonchev–Trinajstić information content (AvgIpc) is 2.69. The van der Waals surface area contributed by atoms with Crippen molar-refractivity contribution in [1.29, 1.82) is 0 Å². The average molecular weight is 392 g/mol. The van der Waals surface area contributed by atoms with E-state index in [1.807, 2.05) is 6.92 Å². The summed E-state index contributed by atoms with van der Waals surface area (Å²) in [4.78, 5) is 13.9. The number of ether oxygens (including phenoxy) is 2. The molecule has 0 saturated heterocycles. The summed E-state index contributed by atoms with van der Waals surface area (Å²) in [7, 11) is 1.72. The highest BCUT2D eigenvalue weighted by molar-refractivity contribution is 5.69. The van der Waals surface area contributed by atoms with Crippen molar-refractivity contribution in [3.8, 4) is 5.75 Å². The first-order chi connectivity index (χ1) is 13.5. The zero-order chi connectivity index (χ0) is 20.8. The summed E-state index contributed by atoms with van der Waals surface area (Å²) in [5.41, 5.74) is 2.69. The second-order valence-electron chi connectivity index (χ2n) is 7.56. The summed E-state index contributed by atoms with van der Waals surface area (Å²) in [6, 6.07) is 6.83. The van der Waals surface area contributed by atoms with Crippen LogP contribution >= 0.6 is 0 Å². The van der Waals surface area contributed by atoms with E-state index in [4.69, 9.17) is 9.47 Å². The number of rotatable bonds is 15. The number of nitrogens with zero attached hydrogens (tertiary/aromatic N) is 1. The van der Waals surface area contributed by atoms with Gasteiger partial charge in [-0.3, -0.25) is 9.69 Å². The Morgan fingerprint density at radius 1 is 1.04 bits per heavy atom. The number of carbonyl (C=O) groups is 1. The fourth-order valence-electron chi connectivity index (χ4n) is 3.77. The predicted molar refractivity (Wildman–Crippen MR) is 117 cm³/mol. The van der Waals surface area contributed by atoms with Crippen molar-refractivity contribution in [1.82, 2.24) is 4.90 Å². The molecule has 1 atom stereocenters. The monoisotopic (exact) mass is 391 g/mol. The molecule has 0 radical (unpaired) electrons. The topological polar surface area (TPSA) is 38.8 Å². The van der Waals surface area contributed by atoms with Gasteiger partial charge >= 0.3 is 5.97 Å². The lowest BCUT2D eigenvalue weighted by Crippen LogP contribution is -2.28. The van der Waals surface area contributed by atoms with Crippen LogP contribution in [-0.4, -0.2) is 37.7 Å². The zero-order valence-electron chi connectivity index (χ0n) is 18.8. The van der Waals surface area contributed by atoms with Crippen LogP contribution in [0.4, 0.5) is 0 Å². The Kier molecular flexibility index (Phi) is 12.6. The highest BCUT2D eigenvalue weighted by atomic mass is 16.5. The number of carbonyl (C=O) groups excluding carboxylic acids is 1. The Labute approximate surface area is 172 Å². The Morgan fingerprint density at radius 2 is 1.68 bits per heavy atom. The molecule has 0 fully saturated rings. The van der Waals surface area contributed by atoms with Crippen LogP contribution in [0.15, 0.2) is 18.2 Å². The first-order valence-corrected chi connectivity index (χ1v) is 11.1. The molecule has 0 aliphatic carbocycles. The van der Waals surface area contributed by atoms with E-state index < -0.39 is 0 Å². The van der Waals surface area contributed by atoms with E-state index in [2.05, 4.69) is 43.9 Å². The van der Waals surface area contributed by atoms with Crippen LogP contribution in [0.1, 0.15) is 89.3 Å². The highest BCUT2D eigenvalue weighted by Crippen LogP contribution is 2.27. The van der Waals surface area contributed by atoms with Crippen LogP contribution < -0.4 is 4.74 Å². The molecule has 1 unspecified atom stereocenters. The molecule has 4 nitrogen and oxygen atoms in total. The van der Waals surface area contributed by atoms with Crippen molar-refractivity contribution in [2.45, 2.75) is 85.1 Å². The summed E-state index contributed by atoms with van der Waals surface area (Å²) in [6.45, 7) is 11.3. The summed E-state index contributed by atoms with van der Waals surface area (Å²) in [5, 5.41) is 0. The van der Waals surface area contributed by atoms with Crippen molar-refractivity contribution in [3.05, 3.63) is 29.3 Å². The van der Waals surface area contributed by atoms with E-state index in [0.717, 1.165) is 31.7 Å². The third-order valence-electron chi connectivity index (χ3n) is 5.51. The SMILES string of the molecule is CCOC(=O)CCCCCCCCCN(CC)C(C)c1ccc(OC)cc1C. The van der Waals surface area contributed by atoms with E-state index in [1.165, 1.54) is 43.2 Å². The van der Waals surface area contributed by atoms with Crippen LogP contribution in [0.3, 0.4) is 0 Å². The minimum Gasteiger partial charge on any atom is -0.497 e. The number of aryl methyl sites for hydroxylation is 1. The van der Waals surface area contributed by atoms with Gasteiger partial charge in [-0.15, -0.1) is 0 Å². The van der Waals surface area contributed by atoms with Gasteiger partial charge in [-0.25, -0.2) is 0 Å². The van der Waals surface area contributed by atoms with Gasteiger partial charge in [0.25, 0.3) is 0 Å². The Bertz CT molecular complexity index is 559. The van der Waals surface area contributed by atoms with Crippen molar-refractivity contribution < 1.29 is 14.3 Å². The lowest BCUT2D eigenvalue weighted by Gasteiger charge is -2.29. The van der Waals surface area contributed by atoms with Crippen LogP contribution in [0.5, 0.6) is 5.75 Å². The number of methoxy groups -OCH3 is 1. The molecule has 1 aromatic carbocycles. The number of esters is 1.